The monoisotopic (exact) mass is 375 g/mol. The van der Waals surface area contributed by atoms with Crippen molar-refractivity contribution in [3.8, 4) is 0 Å². The number of hydrogen-bond acceptors (Lipinski definition) is 3. The third kappa shape index (κ3) is 4.09. The summed E-state index contributed by atoms with van der Waals surface area (Å²) in [7, 11) is 0. The van der Waals surface area contributed by atoms with Crippen molar-refractivity contribution in [2.24, 2.45) is 0 Å². The minimum atomic E-state index is -0.207. The largest absolute Gasteiger partial charge is 0.338 e. The molecule has 1 aliphatic rings. The zero-order valence-electron chi connectivity index (χ0n) is 15.6. The molecule has 5 heteroatoms. The average Bonchev–Trinajstić information content (AvgIpc) is 2.76. The zero-order chi connectivity index (χ0) is 19.3. The van der Waals surface area contributed by atoms with Crippen LogP contribution in [-0.2, 0) is 6.42 Å². The fourth-order valence-corrected chi connectivity index (χ4v) is 3.74. The van der Waals surface area contributed by atoms with Gasteiger partial charge in [-0.2, -0.15) is 0 Å². The van der Waals surface area contributed by atoms with E-state index in [2.05, 4.69) is 4.98 Å². The van der Waals surface area contributed by atoms with Crippen LogP contribution in [0.25, 0.3) is 0 Å². The number of amides is 1. The SMILES string of the molecule is O=C(c1ccncc1)N1CCC[C@H](c2cccc(Cc3ccccc3F)n2)C1. The molecule has 3 aromatic rings. The highest BCUT2D eigenvalue weighted by molar-refractivity contribution is 5.94. The van der Waals surface area contributed by atoms with Crippen molar-refractivity contribution >= 4 is 5.91 Å². The minimum absolute atomic E-state index is 0.0367. The number of carbonyl (C=O) groups excluding carboxylic acids is 1. The van der Waals surface area contributed by atoms with Crippen LogP contribution in [0.4, 0.5) is 4.39 Å². The summed E-state index contributed by atoms with van der Waals surface area (Å²) in [5.74, 6) is 0.0243. The van der Waals surface area contributed by atoms with Gasteiger partial charge in [0.15, 0.2) is 0 Å². The summed E-state index contributed by atoms with van der Waals surface area (Å²) in [6.07, 6.45) is 5.69. The summed E-state index contributed by atoms with van der Waals surface area (Å²) < 4.78 is 14.0. The second-order valence-corrected chi connectivity index (χ2v) is 7.15. The highest BCUT2D eigenvalue weighted by Gasteiger charge is 2.26. The van der Waals surface area contributed by atoms with Crippen LogP contribution in [0.5, 0.6) is 0 Å². The molecule has 4 nitrogen and oxygen atoms in total. The molecule has 142 valence electrons. The smallest absolute Gasteiger partial charge is 0.253 e. The number of likely N-dealkylation sites (tertiary alicyclic amines) is 1. The molecule has 1 saturated heterocycles. The van der Waals surface area contributed by atoms with Crippen molar-refractivity contribution in [2.45, 2.75) is 25.2 Å². The molecule has 1 atom stereocenters. The van der Waals surface area contributed by atoms with Gasteiger partial charge in [-0.3, -0.25) is 14.8 Å². The van der Waals surface area contributed by atoms with Crippen LogP contribution in [0.1, 0.15) is 46.1 Å². The molecule has 4 rings (SSSR count). The molecule has 1 aliphatic heterocycles. The Morgan fingerprint density at radius 1 is 1.07 bits per heavy atom. The maximum atomic E-state index is 14.0. The molecular weight excluding hydrogens is 353 g/mol. The van der Waals surface area contributed by atoms with E-state index in [1.807, 2.05) is 29.2 Å². The van der Waals surface area contributed by atoms with Crippen molar-refractivity contribution in [3.05, 3.63) is 95.3 Å². The highest BCUT2D eigenvalue weighted by atomic mass is 19.1. The molecule has 28 heavy (non-hydrogen) atoms. The normalized spacial score (nSPS) is 16.8. The molecule has 0 saturated carbocycles. The highest BCUT2D eigenvalue weighted by Crippen LogP contribution is 2.27. The van der Waals surface area contributed by atoms with Gasteiger partial charge in [0.05, 0.1) is 0 Å². The van der Waals surface area contributed by atoms with Crippen LogP contribution >= 0.6 is 0 Å². The Balaban J connectivity index is 1.49. The summed E-state index contributed by atoms with van der Waals surface area (Å²) in [6, 6.07) is 16.2. The third-order valence-corrected chi connectivity index (χ3v) is 5.21. The first kappa shape index (κ1) is 18.3. The van der Waals surface area contributed by atoms with Gasteiger partial charge in [-0.1, -0.05) is 24.3 Å². The number of halogens is 1. The van der Waals surface area contributed by atoms with Crippen molar-refractivity contribution in [3.63, 3.8) is 0 Å². The first-order valence-electron chi connectivity index (χ1n) is 9.59. The molecule has 1 fully saturated rings. The lowest BCUT2D eigenvalue weighted by Gasteiger charge is -2.32. The third-order valence-electron chi connectivity index (χ3n) is 5.21. The topological polar surface area (TPSA) is 46.1 Å². The summed E-state index contributed by atoms with van der Waals surface area (Å²) in [4.78, 5) is 23.4. The predicted octanol–water partition coefficient (Wildman–Crippen LogP) is 4.23. The molecule has 0 N–H and O–H groups in total. The fourth-order valence-electron chi connectivity index (χ4n) is 3.74. The van der Waals surface area contributed by atoms with Gasteiger partial charge in [-0.05, 0) is 48.7 Å². The van der Waals surface area contributed by atoms with Crippen molar-refractivity contribution in [1.82, 2.24) is 14.9 Å². The number of piperidine rings is 1. The average molecular weight is 375 g/mol. The number of pyridine rings is 2. The van der Waals surface area contributed by atoms with Crippen LogP contribution in [0.2, 0.25) is 0 Å². The van der Waals surface area contributed by atoms with Crippen LogP contribution in [0.3, 0.4) is 0 Å². The van der Waals surface area contributed by atoms with Gasteiger partial charge in [-0.15, -0.1) is 0 Å². The van der Waals surface area contributed by atoms with Gasteiger partial charge in [0.1, 0.15) is 5.82 Å². The number of aromatic nitrogens is 2. The summed E-state index contributed by atoms with van der Waals surface area (Å²) in [5.41, 5.74) is 3.13. The lowest BCUT2D eigenvalue weighted by Crippen LogP contribution is -2.39. The van der Waals surface area contributed by atoms with Crippen LogP contribution in [0, 0.1) is 5.82 Å². The fraction of sp³-hybridized carbons (Fsp3) is 0.261. The van der Waals surface area contributed by atoms with Gasteiger partial charge >= 0.3 is 0 Å². The first-order valence-corrected chi connectivity index (χ1v) is 9.59. The number of hydrogen-bond donors (Lipinski definition) is 0. The molecule has 1 aromatic carbocycles. The van der Waals surface area contributed by atoms with E-state index in [4.69, 9.17) is 4.98 Å². The van der Waals surface area contributed by atoms with Crippen molar-refractivity contribution in [2.75, 3.05) is 13.1 Å². The number of carbonyl (C=O) groups is 1. The number of nitrogens with zero attached hydrogens (tertiary/aromatic N) is 3. The predicted molar refractivity (Wildman–Crippen MR) is 106 cm³/mol. The lowest BCUT2D eigenvalue weighted by atomic mass is 9.93. The minimum Gasteiger partial charge on any atom is -0.338 e. The molecular formula is C23H22FN3O. The van der Waals surface area contributed by atoms with Gasteiger partial charge < -0.3 is 4.90 Å². The Morgan fingerprint density at radius 3 is 2.71 bits per heavy atom. The van der Waals surface area contributed by atoms with Crippen molar-refractivity contribution in [1.29, 1.82) is 0 Å². The van der Waals surface area contributed by atoms with Crippen LogP contribution < -0.4 is 0 Å². The molecule has 0 radical (unpaired) electrons. The Morgan fingerprint density at radius 2 is 1.89 bits per heavy atom. The van der Waals surface area contributed by atoms with Gasteiger partial charge in [0, 0.05) is 54.8 Å². The second-order valence-electron chi connectivity index (χ2n) is 7.15. The Bertz CT molecular complexity index is 961. The molecule has 0 spiro atoms. The van der Waals surface area contributed by atoms with Gasteiger partial charge in [-0.25, -0.2) is 4.39 Å². The Kier molecular flexibility index (Phi) is 5.42. The number of benzene rings is 1. The van der Waals surface area contributed by atoms with Crippen LogP contribution in [-0.4, -0.2) is 33.9 Å². The van der Waals surface area contributed by atoms with E-state index in [0.717, 1.165) is 30.8 Å². The standard InChI is InChI=1S/C23H22FN3O/c24-21-8-2-1-5-18(21)15-20-7-3-9-22(26-20)19-6-4-14-27(16-19)23(28)17-10-12-25-13-11-17/h1-3,5,7-13,19H,4,6,14-16H2/t19-/m0/s1. The molecule has 3 heterocycles. The lowest BCUT2D eigenvalue weighted by molar-refractivity contribution is 0.0705. The molecule has 0 aliphatic carbocycles. The summed E-state index contributed by atoms with van der Waals surface area (Å²) >= 11 is 0. The molecule has 0 bridgehead atoms. The Labute approximate surface area is 164 Å². The molecule has 1 amide bonds. The van der Waals surface area contributed by atoms with E-state index in [1.165, 1.54) is 6.07 Å². The molecule has 0 unspecified atom stereocenters. The van der Waals surface area contributed by atoms with E-state index in [1.54, 1.807) is 36.7 Å². The maximum Gasteiger partial charge on any atom is 0.253 e. The Hall–Kier alpha value is -3.08. The second kappa shape index (κ2) is 8.30. The van der Waals surface area contributed by atoms with Gasteiger partial charge in [0.25, 0.3) is 5.91 Å². The van der Waals surface area contributed by atoms with Gasteiger partial charge in [0.2, 0.25) is 0 Å². The number of rotatable bonds is 4. The van der Waals surface area contributed by atoms with E-state index in [9.17, 15) is 9.18 Å². The quantitative estimate of drug-likeness (QED) is 0.686. The maximum absolute atomic E-state index is 14.0. The van der Waals surface area contributed by atoms with Crippen LogP contribution in [0.15, 0.2) is 67.0 Å². The van der Waals surface area contributed by atoms with E-state index < -0.39 is 0 Å². The van der Waals surface area contributed by atoms with Crippen molar-refractivity contribution < 1.29 is 9.18 Å². The summed E-state index contributed by atoms with van der Waals surface area (Å²) in [5, 5.41) is 0. The molecule has 2 aromatic heterocycles. The summed E-state index contributed by atoms with van der Waals surface area (Å²) in [6.45, 7) is 1.41. The zero-order valence-corrected chi connectivity index (χ0v) is 15.6. The first-order chi connectivity index (χ1) is 13.7. The van der Waals surface area contributed by atoms with E-state index in [-0.39, 0.29) is 17.6 Å². The van der Waals surface area contributed by atoms with E-state index >= 15 is 0 Å². The van der Waals surface area contributed by atoms with E-state index in [0.29, 0.717) is 24.1 Å².